The molecule has 0 bridgehead atoms. The van der Waals surface area contributed by atoms with Crippen LogP contribution in [0.5, 0.6) is 0 Å². The molecule has 1 aliphatic carbocycles. The highest BCUT2D eigenvalue weighted by Crippen LogP contribution is 2.32. The summed E-state index contributed by atoms with van der Waals surface area (Å²) in [4.78, 5) is 8.32. The summed E-state index contributed by atoms with van der Waals surface area (Å²) in [6, 6.07) is 0.651. The fourth-order valence-corrected chi connectivity index (χ4v) is 4.28. The van der Waals surface area contributed by atoms with Crippen molar-refractivity contribution in [3.63, 3.8) is 0 Å². The Morgan fingerprint density at radius 3 is 2.84 bits per heavy atom. The van der Waals surface area contributed by atoms with Crippen LogP contribution in [-0.2, 0) is 5.33 Å². The first-order valence-corrected chi connectivity index (χ1v) is 8.94. The largest absolute Gasteiger partial charge is 0.355 e. The van der Waals surface area contributed by atoms with Crippen molar-refractivity contribution >= 4 is 38.0 Å². The second-order valence-electron chi connectivity index (χ2n) is 5.60. The first-order chi connectivity index (χ1) is 9.20. The molecule has 1 fully saturated rings. The molecular weight excluding hydrogens is 322 g/mol. The first-order valence-electron chi connectivity index (χ1n) is 6.94. The van der Waals surface area contributed by atoms with Crippen LogP contribution in [0.3, 0.4) is 0 Å². The number of rotatable bonds is 3. The second-order valence-corrected chi connectivity index (χ2v) is 7.03. The molecule has 0 atom stereocenters. The van der Waals surface area contributed by atoms with Crippen LogP contribution < -0.4 is 4.90 Å². The molecule has 3 rings (SSSR count). The molecule has 0 N–H and O–H groups in total. The van der Waals surface area contributed by atoms with Crippen molar-refractivity contribution in [2.75, 3.05) is 11.9 Å². The molecular formula is C14H20BrN3S. The smallest absolute Gasteiger partial charge is 0.195 e. The highest BCUT2D eigenvalue weighted by Gasteiger charge is 2.25. The van der Waals surface area contributed by atoms with Gasteiger partial charge in [-0.3, -0.25) is 4.40 Å². The summed E-state index contributed by atoms with van der Waals surface area (Å²) in [7, 11) is 2.21. The molecule has 0 saturated heterocycles. The van der Waals surface area contributed by atoms with Gasteiger partial charge >= 0.3 is 0 Å². The lowest BCUT2D eigenvalue weighted by atomic mass is 9.87. The molecule has 0 aromatic carbocycles. The van der Waals surface area contributed by atoms with E-state index in [1.54, 1.807) is 11.3 Å². The van der Waals surface area contributed by atoms with Crippen molar-refractivity contribution in [1.82, 2.24) is 9.38 Å². The quantitative estimate of drug-likeness (QED) is 0.775. The standard InChI is InChI=1S/C14H20BrN3S/c1-10-3-5-11(6-4-10)17(2)13-12(9-15)18-7-8-19-14(18)16-13/h7-8,10-11H,3-6,9H2,1-2H3. The van der Waals surface area contributed by atoms with Crippen molar-refractivity contribution < 1.29 is 0 Å². The predicted octanol–water partition coefficient (Wildman–Crippen LogP) is 4.31. The van der Waals surface area contributed by atoms with Gasteiger partial charge in [0.15, 0.2) is 10.8 Å². The van der Waals surface area contributed by atoms with E-state index in [0.717, 1.165) is 22.0 Å². The van der Waals surface area contributed by atoms with Crippen LogP contribution in [-0.4, -0.2) is 22.5 Å². The van der Waals surface area contributed by atoms with Crippen molar-refractivity contribution in [1.29, 1.82) is 0 Å². The number of halogens is 1. The minimum Gasteiger partial charge on any atom is -0.355 e. The summed E-state index contributed by atoms with van der Waals surface area (Å²) in [6.45, 7) is 2.37. The van der Waals surface area contributed by atoms with Gasteiger partial charge in [0.25, 0.3) is 0 Å². The maximum Gasteiger partial charge on any atom is 0.195 e. The number of alkyl halides is 1. The zero-order chi connectivity index (χ0) is 13.4. The molecule has 19 heavy (non-hydrogen) atoms. The Morgan fingerprint density at radius 2 is 2.16 bits per heavy atom. The zero-order valence-electron chi connectivity index (χ0n) is 11.5. The van der Waals surface area contributed by atoms with Gasteiger partial charge in [0.2, 0.25) is 0 Å². The third-order valence-electron chi connectivity index (χ3n) is 4.33. The Bertz CT molecular complexity index is 554. The average Bonchev–Trinajstić information content (AvgIpc) is 2.98. The molecule has 3 nitrogen and oxygen atoms in total. The molecule has 2 aromatic heterocycles. The van der Waals surface area contributed by atoms with Crippen LogP contribution in [0.4, 0.5) is 5.82 Å². The molecule has 0 spiro atoms. The Morgan fingerprint density at radius 1 is 1.42 bits per heavy atom. The SMILES string of the molecule is CC1CCC(N(C)c2nc3sccn3c2CBr)CC1. The number of hydrogen-bond acceptors (Lipinski definition) is 3. The van der Waals surface area contributed by atoms with E-state index in [9.17, 15) is 0 Å². The lowest BCUT2D eigenvalue weighted by Gasteiger charge is -2.34. The second kappa shape index (κ2) is 5.44. The molecule has 0 unspecified atom stereocenters. The zero-order valence-corrected chi connectivity index (χ0v) is 13.9. The number of fused-ring (bicyclic) bond motifs is 1. The highest BCUT2D eigenvalue weighted by atomic mass is 79.9. The number of hydrogen-bond donors (Lipinski definition) is 0. The minimum atomic E-state index is 0.651. The summed E-state index contributed by atoms with van der Waals surface area (Å²) in [6.07, 6.45) is 7.40. The Hall–Kier alpha value is -0.550. The lowest BCUT2D eigenvalue weighted by Crippen LogP contribution is -2.35. The Balaban J connectivity index is 1.88. The normalized spacial score (nSPS) is 23.9. The van der Waals surface area contributed by atoms with Crippen LogP contribution in [0.2, 0.25) is 0 Å². The van der Waals surface area contributed by atoms with Crippen LogP contribution in [0.1, 0.15) is 38.3 Å². The summed E-state index contributed by atoms with van der Waals surface area (Å²) >= 11 is 5.32. The lowest BCUT2D eigenvalue weighted by molar-refractivity contribution is 0.340. The van der Waals surface area contributed by atoms with E-state index >= 15 is 0 Å². The Labute approximate surface area is 126 Å². The highest BCUT2D eigenvalue weighted by molar-refractivity contribution is 9.08. The van der Waals surface area contributed by atoms with Crippen molar-refractivity contribution in [3.05, 3.63) is 17.3 Å². The summed E-state index contributed by atoms with van der Waals surface area (Å²) in [5, 5.41) is 2.95. The van der Waals surface area contributed by atoms with Crippen LogP contribution in [0.25, 0.3) is 4.96 Å². The van der Waals surface area contributed by atoms with Gasteiger partial charge in [-0.05, 0) is 31.6 Å². The number of aromatic nitrogens is 2. The number of thiazole rings is 1. The molecule has 0 aliphatic heterocycles. The van der Waals surface area contributed by atoms with Crippen molar-refractivity contribution in [2.24, 2.45) is 5.92 Å². The molecule has 2 aromatic rings. The molecule has 1 aliphatic rings. The maximum atomic E-state index is 4.82. The van der Waals surface area contributed by atoms with Gasteiger partial charge in [-0.25, -0.2) is 4.98 Å². The summed E-state index contributed by atoms with van der Waals surface area (Å²) in [5.74, 6) is 2.05. The van der Waals surface area contributed by atoms with Crippen LogP contribution in [0.15, 0.2) is 11.6 Å². The third kappa shape index (κ3) is 2.42. The number of imidazole rings is 1. The van der Waals surface area contributed by atoms with E-state index in [1.165, 1.54) is 31.4 Å². The molecule has 1 saturated carbocycles. The monoisotopic (exact) mass is 341 g/mol. The molecule has 0 amide bonds. The maximum absolute atomic E-state index is 4.82. The van der Waals surface area contributed by atoms with Gasteiger partial charge in [0.05, 0.1) is 5.69 Å². The summed E-state index contributed by atoms with van der Waals surface area (Å²) < 4.78 is 2.21. The molecule has 0 radical (unpaired) electrons. The van der Waals surface area contributed by atoms with Gasteiger partial charge in [0.1, 0.15) is 0 Å². The Kier molecular flexibility index (Phi) is 3.85. The number of nitrogens with zero attached hydrogens (tertiary/aromatic N) is 3. The topological polar surface area (TPSA) is 20.5 Å². The first kappa shape index (κ1) is 13.4. The number of anilines is 1. The van der Waals surface area contributed by atoms with Crippen molar-refractivity contribution in [3.8, 4) is 0 Å². The third-order valence-corrected chi connectivity index (χ3v) is 5.62. The van der Waals surface area contributed by atoms with E-state index in [1.807, 2.05) is 0 Å². The van der Waals surface area contributed by atoms with Gasteiger partial charge in [-0.1, -0.05) is 22.9 Å². The van der Waals surface area contributed by atoms with Gasteiger partial charge < -0.3 is 4.90 Å². The van der Waals surface area contributed by atoms with Crippen LogP contribution in [0, 0.1) is 5.92 Å². The average molecular weight is 342 g/mol. The van der Waals surface area contributed by atoms with Gasteiger partial charge in [-0.15, -0.1) is 11.3 Å². The van der Waals surface area contributed by atoms with Gasteiger partial charge in [0, 0.05) is 30.0 Å². The molecule has 5 heteroatoms. The molecule has 104 valence electrons. The van der Waals surface area contributed by atoms with E-state index in [-0.39, 0.29) is 0 Å². The van der Waals surface area contributed by atoms with Crippen molar-refractivity contribution in [2.45, 2.75) is 44.0 Å². The predicted molar refractivity (Wildman–Crippen MR) is 85.5 cm³/mol. The van der Waals surface area contributed by atoms with Gasteiger partial charge in [-0.2, -0.15) is 0 Å². The van der Waals surface area contributed by atoms with E-state index < -0.39 is 0 Å². The van der Waals surface area contributed by atoms with E-state index in [0.29, 0.717) is 6.04 Å². The van der Waals surface area contributed by atoms with E-state index in [2.05, 4.69) is 50.8 Å². The minimum absolute atomic E-state index is 0.651. The van der Waals surface area contributed by atoms with Crippen LogP contribution >= 0.6 is 27.3 Å². The fraction of sp³-hybridized carbons (Fsp3) is 0.643. The van der Waals surface area contributed by atoms with E-state index in [4.69, 9.17) is 4.98 Å². The summed E-state index contributed by atoms with van der Waals surface area (Å²) in [5.41, 5.74) is 1.28. The fourth-order valence-electron chi connectivity index (χ4n) is 3.03. The molecule has 2 heterocycles.